The number of rotatable bonds is 4. The lowest BCUT2D eigenvalue weighted by Gasteiger charge is -2.06. The lowest BCUT2D eigenvalue weighted by Crippen LogP contribution is -2.15. The van der Waals surface area contributed by atoms with Crippen molar-refractivity contribution in [2.75, 3.05) is 0 Å². The predicted molar refractivity (Wildman–Crippen MR) is 86.8 cm³/mol. The Morgan fingerprint density at radius 1 is 0.857 bits per heavy atom. The lowest BCUT2D eigenvalue weighted by molar-refractivity contribution is -0.148. The van der Waals surface area contributed by atoms with Gasteiger partial charge in [-0.05, 0) is 39.0 Å². The van der Waals surface area contributed by atoms with Gasteiger partial charge in [-0.2, -0.15) is 0 Å². The maximum Gasteiger partial charge on any atom is 0.310 e. The summed E-state index contributed by atoms with van der Waals surface area (Å²) in [5, 5.41) is 0. The molecule has 118 valence electrons. The van der Waals surface area contributed by atoms with Crippen molar-refractivity contribution in [2.45, 2.75) is 61.5 Å². The van der Waals surface area contributed by atoms with Gasteiger partial charge in [0.1, 0.15) is 6.10 Å². The van der Waals surface area contributed by atoms with Crippen molar-refractivity contribution >= 4 is 5.97 Å². The first-order valence-corrected chi connectivity index (χ1v) is 8.00. The largest absolute Gasteiger partial charge is 0.461 e. The summed E-state index contributed by atoms with van der Waals surface area (Å²) in [5.41, 5.74) is 2.69. The minimum Gasteiger partial charge on any atom is -0.461 e. The number of carbonyl (C=O) groups excluding carboxylic acids is 1. The topological polar surface area (TPSA) is 26.3 Å². The van der Waals surface area contributed by atoms with Crippen LogP contribution in [0.2, 0.25) is 0 Å². The van der Waals surface area contributed by atoms with E-state index in [-0.39, 0.29) is 28.8 Å². The van der Waals surface area contributed by atoms with Gasteiger partial charge in [0.25, 0.3) is 0 Å². The highest BCUT2D eigenvalue weighted by molar-refractivity contribution is 5.79. The van der Waals surface area contributed by atoms with E-state index in [0.717, 1.165) is 0 Å². The summed E-state index contributed by atoms with van der Waals surface area (Å²) < 4.78 is 5.85. The van der Waals surface area contributed by atoms with E-state index < -0.39 is 0 Å². The van der Waals surface area contributed by atoms with E-state index in [1.165, 1.54) is 11.1 Å². The van der Waals surface area contributed by atoms with Crippen LogP contribution >= 0.6 is 0 Å². The third-order valence-electron chi connectivity index (χ3n) is 5.24. The number of hydrogen-bond donors (Lipinski definition) is 0. The molecule has 0 aliphatic heterocycles. The van der Waals surface area contributed by atoms with Gasteiger partial charge in [-0.25, -0.2) is 0 Å². The van der Waals surface area contributed by atoms with E-state index in [1.807, 2.05) is 0 Å². The van der Waals surface area contributed by atoms with Gasteiger partial charge in [0.05, 0.1) is 5.92 Å². The fourth-order valence-corrected chi connectivity index (χ4v) is 3.51. The van der Waals surface area contributed by atoms with Gasteiger partial charge in [0.15, 0.2) is 0 Å². The second-order valence-corrected chi connectivity index (χ2v) is 8.52. The van der Waals surface area contributed by atoms with E-state index in [1.54, 1.807) is 0 Å². The number of carbonyl (C=O) groups is 1. The van der Waals surface area contributed by atoms with Crippen molar-refractivity contribution in [3.63, 3.8) is 0 Å². The molecule has 0 saturated heterocycles. The van der Waals surface area contributed by atoms with Gasteiger partial charge in [-0.3, -0.25) is 4.79 Å². The first-order valence-electron chi connectivity index (χ1n) is 8.00. The Labute approximate surface area is 129 Å². The molecule has 4 atom stereocenters. The van der Waals surface area contributed by atoms with Crippen molar-refractivity contribution < 1.29 is 9.53 Å². The summed E-state index contributed by atoms with van der Waals surface area (Å²) in [6.45, 7) is 17.1. The van der Waals surface area contributed by atoms with E-state index in [2.05, 4.69) is 67.5 Å². The van der Waals surface area contributed by atoms with Crippen molar-refractivity contribution in [1.82, 2.24) is 0 Å². The van der Waals surface area contributed by atoms with Crippen LogP contribution in [-0.4, -0.2) is 12.1 Å². The maximum absolute atomic E-state index is 12.5. The average molecular weight is 290 g/mol. The van der Waals surface area contributed by atoms with Crippen LogP contribution in [0.4, 0.5) is 0 Å². The highest BCUT2D eigenvalue weighted by Gasteiger charge is 2.65. The molecule has 2 fully saturated rings. The van der Waals surface area contributed by atoms with E-state index in [9.17, 15) is 4.79 Å². The molecule has 0 N–H and O–H groups in total. The van der Waals surface area contributed by atoms with Crippen LogP contribution in [0.5, 0.6) is 0 Å². The lowest BCUT2D eigenvalue weighted by atomic mass is 10.1. The molecule has 2 rings (SSSR count). The van der Waals surface area contributed by atoms with Crippen LogP contribution in [0.1, 0.15) is 55.4 Å². The number of ether oxygens (including phenoxy) is 1. The molecule has 0 aromatic carbocycles. The Balaban J connectivity index is 2.01. The van der Waals surface area contributed by atoms with E-state index >= 15 is 0 Å². The van der Waals surface area contributed by atoms with Crippen molar-refractivity contribution in [1.29, 1.82) is 0 Å². The molecule has 2 aliphatic carbocycles. The van der Waals surface area contributed by atoms with Crippen molar-refractivity contribution in [3.05, 3.63) is 23.3 Å². The van der Waals surface area contributed by atoms with Crippen molar-refractivity contribution in [3.8, 4) is 0 Å². The third-order valence-corrected chi connectivity index (χ3v) is 5.24. The van der Waals surface area contributed by atoms with Crippen LogP contribution in [0.15, 0.2) is 23.3 Å². The SMILES string of the molecule is CC(C)=CC1C(OC(=O)C2C(C=C(C)C)C2(C)C)C1(C)C. The summed E-state index contributed by atoms with van der Waals surface area (Å²) in [6, 6.07) is 0. The molecular formula is C19H30O2. The normalized spacial score (nSPS) is 34.7. The number of esters is 1. The Hall–Kier alpha value is -1.05. The Bertz CT molecular complexity index is 500. The molecule has 0 spiro atoms. The zero-order valence-corrected chi connectivity index (χ0v) is 14.8. The minimum atomic E-state index is -0.00905. The third kappa shape index (κ3) is 2.95. The summed E-state index contributed by atoms with van der Waals surface area (Å²) in [6.07, 6.45) is 4.50. The van der Waals surface area contributed by atoms with Gasteiger partial charge in [-0.1, -0.05) is 51.0 Å². The second kappa shape index (κ2) is 5.00. The Morgan fingerprint density at radius 2 is 1.33 bits per heavy atom. The molecule has 2 nitrogen and oxygen atoms in total. The predicted octanol–water partition coefficient (Wildman–Crippen LogP) is 4.76. The Kier molecular flexibility index (Phi) is 3.89. The van der Waals surface area contributed by atoms with Gasteiger partial charge >= 0.3 is 5.97 Å². The van der Waals surface area contributed by atoms with Gasteiger partial charge < -0.3 is 4.74 Å². The quantitative estimate of drug-likeness (QED) is 0.551. The summed E-state index contributed by atoms with van der Waals surface area (Å²) in [7, 11) is 0. The smallest absolute Gasteiger partial charge is 0.310 e. The summed E-state index contributed by atoms with van der Waals surface area (Å²) >= 11 is 0. The van der Waals surface area contributed by atoms with E-state index in [4.69, 9.17) is 4.74 Å². The molecular weight excluding hydrogens is 260 g/mol. The standard InChI is InChI=1S/C19H30O2/c1-11(2)9-13-15(18(13,5)6)17(20)21-16-14(10-12(3)4)19(16,7)8/h9-10,13-16H,1-8H3. The average Bonchev–Trinajstić information content (AvgIpc) is 3.00. The van der Waals surface area contributed by atoms with Crippen molar-refractivity contribution in [2.24, 2.45) is 28.6 Å². The number of allylic oxidation sites excluding steroid dienone is 3. The fourth-order valence-electron chi connectivity index (χ4n) is 3.51. The molecule has 2 heteroatoms. The number of hydrogen-bond acceptors (Lipinski definition) is 2. The molecule has 2 saturated carbocycles. The first kappa shape index (κ1) is 16.3. The van der Waals surface area contributed by atoms with Crippen LogP contribution in [0.25, 0.3) is 0 Å². The van der Waals surface area contributed by atoms with Crippen LogP contribution in [0.3, 0.4) is 0 Å². The van der Waals surface area contributed by atoms with Gasteiger partial charge in [0.2, 0.25) is 0 Å². The molecule has 0 bridgehead atoms. The Morgan fingerprint density at radius 3 is 1.81 bits per heavy atom. The zero-order valence-electron chi connectivity index (χ0n) is 14.8. The zero-order chi connectivity index (χ0) is 16.2. The molecule has 0 amide bonds. The molecule has 0 heterocycles. The molecule has 0 radical (unpaired) electrons. The van der Waals surface area contributed by atoms with Crippen LogP contribution < -0.4 is 0 Å². The molecule has 4 unspecified atom stereocenters. The molecule has 0 aromatic rings. The fraction of sp³-hybridized carbons (Fsp3) is 0.737. The highest BCUT2D eigenvalue weighted by atomic mass is 16.6. The van der Waals surface area contributed by atoms with Crippen LogP contribution in [-0.2, 0) is 9.53 Å². The summed E-state index contributed by atoms with van der Waals surface area (Å²) in [5.74, 6) is 0.718. The molecule has 0 aromatic heterocycles. The maximum atomic E-state index is 12.5. The molecule has 2 aliphatic rings. The monoisotopic (exact) mass is 290 g/mol. The first-order chi connectivity index (χ1) is 9.49. The van der Waals surface area contributed by atoms with Crippen LogP contribution in [0, 0.1) is 28.6 Å². The second-order valence-electron chi connectivity index (χ2n) is 8.52. The van der Waals surface area contributed by atoms with Gasteiger partial charge in [0, 0.05) is 11.3 Å². The van der Waals surface area contributed by atoms with E-state index in [0.29, 0.717) is 11.8 Å². The minimum absolute atomic E-state index is 0.00905. The summed E-state index contributed by atoms with van der Waals surface area (Å²) in [4.78, 5) is 12.5. The highest BCUT2D eigenvalue weighted by Crippen LogP contribution is 2.62. The van der Waals surface area contributed by atoms with Gasteiger partial charge in [-0.15, -0.1) is 0 Å². The molecule has 21 heavy (non-hydrogen) atoms.